The van der Waals surface area contributed by atoms with Gasteiger partial charge >= 0.3 is 17.9 Å². The molecule has 0 radical (unpaired) electrons. The van der Waals surface area contributed by atoms with E-state index in [1.807, 2.05) is 0 Å². The molecule has 0 fully saturated rings. The third-order valence-electron chi connectivity index (χ3n) is 11.5. The Morgan fingerprint density at radius 2 is 0.619 bits per heavy atom. The molecule has 364 valence electrons. The fourth-order valence-electron chi connectivity index (χ4n) is 7.53. The van der Waals surface area contributed by atoms with Gasteiger partial charge in [0.1, 0.15) is 13.2 Å². The van der Waals surface area contributed by atoms with Crippen molar-refractivity contribution in [1.29, 1.82) is 0 Å². The molecule has 1 atom stereocenters. The summed E-state index contributed by atoms with van der Waals surface area (Å²) in [6, 6.07) is 0. The highest BCUT2D eigenvalue weighted by Gasteiger charge is 2.19. The lowest BCUT2D eigenvalue weighted by atomic mass is 10.0. The van der Waals surface area contributed by atoms with Crippen LogP contribution in [0, 0.1) is 0 Å². The molecule has 0 N–H and O–H groups in total. The molecule has 0 aliphatic rings. The highest BCUT2D eigenvalue weighted by Crippen LogP contribution is 2.16. The van der Waals surface area contributed by atoms with Gasteiger partial charge in [-0.15, -0.1) is 0 Å². The third-order valence-corrected chi connectivity index (χ3v) is 11.5. The summed E-state index contributed by atoms with van der Waals surface area (Å²) in [5, 5.41) is 0. The van der Waals surface area contributed by atoms with Crippen molar-refractivity contribution in [3.63, 3.8) is 0 Å². The van der Waals surface area contributed by atoms with Crippen LogP contribution >= 0.6 is 0 Å². The van der Waals surface area contributed by atoms with Gasteiger partial charge in [-0.3, -0.25) is 14.4 Å². The highest BCUT2D eigenvalue weighted by molar-refractivity contribution is 5.71. The molecule has 0 spiro atoms. The lowest BCUT2D eigenvalue weighted by Gasteiger charge is -2.18. The summed E-state index contributed by atoms with van der Waals surface area (Å²) in [5.41, 5.74) is 0. The van der Waals surface area contributed by atoms with Gasteiger partial charge in [-0.25, -0.2) is 0 Å². The maximum absolute atomic E-state index is 12.8. The van der Waals surface area contributed by atoms with Gasteiger partial charge < -0.3 is 14.2 Å². The third kappa shape index (κ3) is 50.0. The van der Waals surface area contributed by atoms with Crippen LogP contribution in [0.1, 0.15) is 265 Å². The molecule has 0 bridgehead atoms. The monoisotopic (exact) mass is 881 g/mol. The Hall–Kier alpha value is -2.89. The second-order valence-electron chi connectivity index (χ2n) is 17.8. The summed E-state index contributed by atoms with van der Waals surface area (Å²) in [5.74, 6) is -0.889. The van der Waals surface area contributed by atoms with Gasteiger partial charge in [0.25, 0.3) is 0 Å². The minimum absolute atomic E-state index is 0.0757. The summed E-state index contributed by atoms with van der Waals surface area (Å²) < 4.78 is 16.7. The molecule has 0 rings (SSSR count). The average molecular weight is 881 g/mol. The van der Waals surface area contributed by atoms with E-state index < -0.39 is 6.10 Å². The van der Waals surface area contributed by atoms with Crippen LogP contribution in [0.15, 0.2) is 60.8 Å². The van der Waals surface area contributed by atoms with Crippen LogP contribution in [0.3, 0.4) is 0 Å². The Morgan fingerprint density at radius 3 is 0.968 bits per heavy atom. The highest BCUT2D eigenvalue weighted by atomic mass is 16.6. The SMILES string of the molecule is CC/C=C\C/C=C\C/C=C\C/C=C\C/C=C\CCCCCCCCCC(=O)OCC(COC(=O)CCCCCCCC)OC(=O)CCCCCCCCCCCCCCCCCC. The Labute approximate surface area is 390 Å². The van der Waals surface area contributed by atoms with E-state index in [0.29, 0.717) is 19.3 Å². The fraction of sp³-hybridized carbons (Fsp3) is 0.772. The van der Waals surface area contributed by atoms with E-state index in [2.05, 4.69) is 81.5 Å². The molecule has 0 aromatic carbocycles. The molecular formula is C57H100O6. The summed E-state index contributed by atoms with van der Waals surface area (Å²) >= 11 is 0. The van der Waals surface area contributed by atoms with E-state index in [0.717, 1.165) is 96.3 Å². The number of hydrogen-bond donors (Lipinski definition) is 0. The Balaban J connectivity index is 4.18. The summed E-state index contributed by atoms with van der Waals surface area (Å²) in [6.07, 6.45) is 63.7. The van der Waals surface area contributed by atoms with Crippen LogP contribution in [0.4, 0.5) is 0 Å². The normalized spacial score (nSPS) is 12.5. The number of unbranched alkanes of at least 4 members (excludes halogenated alkanes) is 27. The molecule has 1 unspecified atom stereocenters. The first-order valence-electron chi connectivity index (χ1n) is 26.8. The molecule has 0 heterocycles. The number of carbonyl (C=O) groups is 3. The van der Waals surface area contributed by atoms with Crippen molar-refractivity contribution in [2.75, 3.05) is 13.2 Å². The molecule has 0 aliphatic carbocycles. The zero-order chi connectivity index (χ0) is 45.8. The smallest absolute Gasteiger partial charge is 0.306 e. The van der Waals surface area contributed by atoms with Crippen molar-refractivity contribution in [2.45, 2.75) is 271 Å². The van der Waals surface area contributed by atoms with Gasteiger partial charge in [-0.1, -0.05) is 242 Å². The zero-order valence-corrected chi connectivity index (χ0v) is 41.6. The van der Waals surface area contributed by atoms with Crippen LogP contribution in [0.5, 0.6) is 0 Å². The van der Waals surface area contributed by atoms with Crippen LogP contribution in [0.25, 0.3) is 0 Å². The second-order valence-corrected chi connectivity index (χ2v) is 17.8. The minimum atomic E-state index is -0.773. The summed E-state index contributed by atoms with van der Waals surface area (Å²) in [4.78, 5) is 37.8. The fourth-order valence-corrected chi connectivity index (χ4v) is 7.53. The van der Waals surface area contributed by atoms with Crippen molar-refractivity contribution in [3.8, 4) is 0 Å². The first-order chi connectivity index (χ1) is 31.0. The largest absolute Gasteiger partial charge is 0.462 e. The lowest BCUT2D eigenvalue weighted by molar-refractivity contribution is -0.167. The number of allylic oxidation sites excluding steroid dienone is 10. The van der Waals surface area contributed by atoms with Crippen molar-refractivity contribution in [3.05, 3.63) is 60.8 Å². The van der Waals surface area contributed by atoms with E-state index in [1.165, 1.54) is 128 Å². The molecular weight excluding hydrogens is 781 g/mol. The Kier molecular flexibility index (Phi) is 49.4. The van der Waals surface area contributed by atoms with Crippen LogP contribution in [-0.4, -0.2) is 37.2 Å². The molecule has 6 nitrogen and oxygen atoms in total. The van der Waals surface area contributed by atoms with E-state index >= 15 is 0 Å². The molecule has 63 heavy (non-hydrogen) atoms. The zero-order valence-electron chi connectivity index (χ0n) is 41.6. The second kappa shape index (κ2) is 51.7. The molecule has 0 aromatic heterocycles. The van der Waals surface area contributed by atoms with Gasteiger partial charge in [0, 0.05) is 19.3 Å². The van der Waals surface area contributed by atoms with Crippen molar-refractivity contribution in [1.82, 2.24) is 0 Å². The first kappa shape index (κ1) is 60.1. The number of carbonyl (C=O) groups excluding carboxylic acids is 3. The molecule has 0 amide bonds. The standard InChI is InChI=1S/C57H100O6/c1-4-7-10-13-16-18-20-22-24-26-27-28-29-30-31-32-34-35-37-39-41-44-47-50-56(59)62-53-54(52-61-55(58)49-46-43-15-12-9-6-3)63-57(60)51-48-45-42-40-38-36-33-25-23-21-19-17-14-11-8-5-2/h7,10,16,18,22,24,27-28,30-31,54H,4-6,8-9,11-15,17,19-21,23,25-26,29,32-53H2,1-3H3/b10-7-,18-16-,24-22-,28-27-,31-30-. The van der Waals surface area contributed by atoms with Crippen LogP contribution in [0.2, 0.25) is 0 Å². The predicted octanol–water partition coefficient (Wildman–Crippen LogP) is 17.6. The molecule has 6 heteroatoms. The van der Waals surface area contributed by atoms with Gasteiger partial charge in [0.05, 0.1) is 0 Å². The Bertz CT molecular complexity index is 1150. The van der Waals surface area contributed by atoms with Crippen molar-refractivity contribution < 1.29 is 28.6 Å². The minimum Gasteiger partial charge on any atom is -0.462 e. The number of rotatable bonds is 48. The first-order valence-corrected chi connectivity index (χ1v) is 26.8. The average Bonchev–Trinajstić information content (AvgIpc) is 3.28. The maximum Gasteiger partial charge on any atom is 0.306 e. The summed E-state index contributed by atoms with van der Waals surface area (Å²) in [6.45, 7) is 6.47. The van der Waals surface area contributed by atoms with Crippen LogP contribution in [-0.2, 0) is 28.6 Å². The van der Waals surface area contributed by atoms with E-state index in [9.17, 15) is 14.4 Å². The molecule has 0 aliphatic heterocycles. The van der Waals surface area contributed by atoms with Crippen molar-refractivity contribution in [2.24, 2.45) is 0 Å². The van der Waals surface area contributed by atoms with Gasteiger partial charge in [0.2, 0.25) is 0 Å². The molecule has 0 aromatic rings. The quantitative estimate of drug-likeness (QED) is 0.0262. The number of ether oxygens (including phenoxy) is 3. The number of hydrogen-bond acceptors (Lipinski definition) is 6. The maximum atomic E-state index is 12.8. The van der Waals surface area contributed by atoms with E-state index in [4.69, 9.17) is 14.2 Å². The summed E-state index contributed by atoms with van der Waals surface area (Å²) in [7, 11) is 0. The lowest BCUT2D eigenvalue weighted by Crippen LogP contribution is -2.30. The molecule has 0 saturated heterocycles. The van der Waals surface area contributed by atoms with Crippen LogP contribution < -0.4 is 0 Å². The van der Waals surface area contributed by atoms with Gasteiger partial charge in [-0.05, 0) is 64.2 Å². The topological polar surface area (TPSA) is 78.9 Å². The predicted molar refractivity (Wildman–Crippen MR) is 270 cm³/mol. The van der Waals surface area contributed by atoms with Gasteiger partial charge in [0.15, 0.2) is 6.10 Å². The Morgan fingerprint density at radius 1 is 0.333 bits per heavy atom. The van der Waals surface area contributed by atoms with E-state index in [-0.39, 0.29) is 31.1 Å². The molecule has 0 saturated carbocycles. The number of esters is 3. The van der Waals surface area contributed by atoms with Crippen molar-refractivity contribution >= 4 is 17.9 Å². The van der Waals surface area contributed by atoms with Gasteiger partial charge in [-0.2, -0.15) is 0 Å². The van der Waals surface area contributed by atoms with E-state index in [1.54, 1.807) is 0 Å².